The number of rotatable bonds is 5. The van der Waals surface area contributed by atoms with E-state index in [0.29, 0.717) is 0 Å². The van der Waals surface area contributed by atoms with Gasteiger partial charge in [0, 0.05) is 16.5 Å². The second-order valence-corrected chi connectivity index (χ2v) is 4.77. The lowest BCUT2D eigenvalue weighted by Crippen LogP contribution is -1.88. The molecule has 0 atom stereocenters. The molecule has 1 aromatic carbocycles. The summed E-state index contributed by atoms with van der Waals surface area (Å²) in [6.07, 6.45) is 2.53. The fourth-order valence-electron chi connectivity index (χ4n) is 1.11. The van der Waals surface area contributed by atoms with Crippen molar-refractivity contribution in [1.82, 2.24) is 0 Å². The molecule has 2 N–H and O–H groups in total. The van der Waals surface area contributed by atoms with Crippen LogP contribution in [0.2, 0.25) is 5.02 Å². The predicted molar refractivity (Wildman–Crippen MR) is 66.9 cm³/mol. The summed E-state index contributed by atoms with van der Waals surface area (Å²) in [5.41, 5.74) is 7.53. The van der Waals surface area contributed by atoms with Crippen LogP contribution in [0.1, 0.15) is 25.3 Å². The molecular weight excluding hydrogens is 214 g/mol. The molecule has 0 saturated carbocycles. The van der Waals surface area contributed by atoms with Gasteiger partial charge >= 0.3 is 0 Å². The van der Waals surface area contributed by atoms with Gasteiger partial charge in [0.05, 0.1) is 0 Å². The molecule has 3 heteroatoms. The second kappa shape index (κ2) is 6.20. The van der Waals surface area contributed by atoms with Crippen LogP contribution in [0.25, 0.3) is 0 Å². The number of thioether (sulfide) groups is 1. The third kappa shape index (κ3) is 3.81. The van der Waals surface area contributed by atoms with Crippen LogP contribution in [-0.4, -0.2) is 5.75 Å². The molecule has 0 fully saturated rings. The Balaban J connectivity index is 2.42. The number of nitrogens with two attached hydrogens (primary N) is 1. The van der Waals surface area contributed by atoms with Crippen LogP contribution in [0.4, 0.5) is 5.69 Å². The Labute approximate surface area is 95.0 Å². The molecule has 0 radical (unpaired) electrons. The first-order valence-corrected chi connectivity index (χ1v) is 6.39. The van der Waals surface area contributed by atoms with Gasteiger partial charge in [0.25, 0.3) is 0 Å². The van der Waals surface area contributed by atoms with Crippen molar-refractivity contribution in [3.8, 4) is 0 Å². The van der Waals surface area contributed by atoms with Crippen LogP contribution in [0.5, 0.6) is 0 Å². The molecule has 1 aromatic rings. The van der Waals surface area contributed by atoms with Crippen molar-refractivity contribution < 1.29 is 0 Å². The highest BCUT2D eigenvalue weighted by Gasteiger charge is 2.00. The van der Waals surface area contributed by atoms with E-state index < -0.39 is 0 Å². The van der Waals surface area contributed by atoms with Crippen LogP contribution in [-0.2, 0) is 5.75 Å². The molecule has 0 saturated heterocycles. The molecule has 0 bridgehead atoms. The summed E-state index contributed by atoms with van der Waals surface area (Å²) in [7, 11) is 0. The molecule has 0 spiro atoms. The highest BCUT2D eigenvalue weighted by Crippen LogP contribution is 2.23. The zero-order valence-corrected chi connectivity index (χ0v) is 10.00. The molecule has 0 aliphatic rings. The molecular formula is C11H16ClNS. The fourth-order valence-corrected chi connectivity index (χ4v) is 2.55. The van der Waals surface area contributed by atoms with Gasteiger partial charge in [0.2, 0.25) is 0 Å². The quantitative estimate of drug-likeness (QED) is 0.611. The van der Waals surface area contributed by atoms with Crippen molar-refractivity contribution in [3.63, 3.8) is 0 Å². The van der Waals surface area contributed by atoms with E-state index in [4.69, 9.17) is 17.3 Å². The molecule has 14 heavy (non-hydrogen) atoms. The number of anilines is 1. The highest BCUT2D eigenvalue weighted by atomic mass is 35.5. The summed E-state index contributed by atoms with van der Waals surface area (Å²) < 4.78 is 0. The molecule has 0 aliphatic carbocycles. The van der Waals surface area contributed by atoms with Crippen molar-refractivity contribution in [2.75, 3.05) is 11.5 Å². The number of hydrogen-bond acceptors (Lipinski definition) is 2. The Morgan fingerprint density at radius 1 is 1.43 bits per heavy atom. The van der Waals surface area contributed by atoms with Gasteiger partial charge in [-0.05, 0) is 29.9 Å². The molecule has 0 aromatic heterocycles. The Morgan fingerprint density at radius 2 is 2.21 bits per heavy atom. The third-order valence-electron chi connectivity index (χ3n) is 1.98. The summed E-state index contributed by atoms with van der Waals surface area (Å²) in [6.45, 7) is 2.21. The molecule has 0 aliphatic heterocycles. The molecule has 1 nitrogen and oxygen atoms in total. The lowest BCUT2D eigenvalue weighted by Gasteiger charge is -2.04. The van der Waals surface area contributed by atoms with Gasteiger partial charge in [-0.1, -0.05) is 31.0 Å². The van der Waals surface area contributed by atoms with Gasteiger partial charge in [-0.3, -0.25) is 0 Å². The average Bonchev–Trinajstić information content (AvgIpc) is 2.15. The van der Waals surface area contributed by atoms with E-state index >= 15 is 0 Å². The Morgan fingerprint density at radius 3 is 2.86 bits per heavy atom. The van der Waals surface area contributed by atoms with Gasteiger partial charge < -0.3 is 5.73 Å². The lowest BCUT2D eigenvalue weighted by atomic mass is 10.2. The molecule has 78 valence electrons. The Kier molecular flexibility index (Phi) is 5.20. The molecule has 0 heterocycles. The smallest absolute Gasteiger partial charge is 0.0466 e. The van der Waals surface area contributed by atoms with Crippen molar-refractivity contribution in [1.29, 1.82) is 0 Å². The Hall–Kier alpha value is -0.340. The topological polar surface area (TPSA) is 26.0 Å². The van der Waals surface area contributed by atoms with Gasteiger partial charge in [0.15, 0.2) is 0 Å². The monoisotopic (exact) mass is 229 g/mol. The minimum absolute atomic E-state index is 0.734. The molecule has 0 unspecified atom stereocenters. The normalized spacial score (nSPS) is 10.4. The van der Waals surface area contributed by atoms with E-state index in [2.05, 4.69) is 6.92 Å². The minimum Gasteiger partial charge on any atom is -0.399 e. The number of hydrogen-bond donors (Lipinski definition) is 1. The van der Waals surface area contributed by atoms with Crippen LogP contribution >= 0.6 is 23.4 Å². The van der Waals surface area contributed by atoms with Crippen LogP contribution in [0.3, 0.4) is 0 Å². The number of benzene rings is 1. The Bertz CT molecular complexity index is 289. The van der Waals surface area contributed by atoms with Crippen molar-refractivity contribution in [2.45, 2.75) is 25.5 Å². The van der Waals surface area contributed by atoms with E-state index in [9.17, 15) is 0 Å². The first kappa shape index (κ1) is 11.7. The van der Waals surface area contributed by atoms with E-state index in [1.54, 1.807) is 0 Å². The first-order valence-electron chi connectivity index (χ1n) is 4.85. The summed E-state index contributed by atoms with van der Waals surface area (Å²) >= 11 is 7.97. The van der Waals surface area contributed by atoms with Gasteiger partial charge in [-0.15, -0.1) is 0 Å². The summed E-state index contributed by atoms with van der Waals surface area (Å²) in [6, 6.07) is 5.73. The van der Waals surface area contributed by atoms with Crippen LogP contribution in [0, 0.1) is 0 Å². The standard InChI is InChI=1S/C11H16ClNS/c1-2-3-6-14-8-9-4-5-10(13)7-11(9)12/h4-5,7H,2-3,6,8,13H2,1H3. The first-order chi connectivity index (χ1) is 6.74. The zero-order valence-electron chi connectivity index (χ0n) is 8.42. The van der Waals surface area contributed by atoms with Crippen molar-refractivity contribution in [2.24, 2.45) is 0 Å². The highest BCUT2D eigenvalue weighted by molar-refractivity contribution is 7.98. The number of unbranched alkanes of at least 4 members (excludes halogenated alkanes) is 1. The van der Waals surface area contributed by atoms with Gasteiger partial charge in [0.1, 0.15) is 0 Å². The second-order valence-electron chi connectivity index (χ2n) is 3.26. The number of halogens is 1. The summed E-state index contributed by atoms with van der Waals surface area (Å²) in [4.78, 5) is 0. The predicted octanol–water partition coefficient (Wildman–Crippen LogP) is 3.96. The van der Waals surface area contributed by atoms with Crippen molar-refractivity contribution >= 4 is 29.1 Å². The molecule has 1 rings (SSSR count). The lowest BCUT2D eigenvalue weighted by molar-refractivity contribution is 0.896. The van der Waals surface area contributed by atoms with Crippen molar-refractivity contribution in [3.05, 3.63) is 28.8 Å². The fraction of sp³-hybridized carbons (Fsp3) is 0.455. The van der Waals surface area contributed by atoms with Crippen LogP contribution < -0.4 is 5.73 Å². The SMILES string of the molecule is CCCCSCc1ccc(N)cc1Cl. The number of nitrogen functional groups attached to an aromatic ring is 1. The van der Waals surface area contributed by atoms with E-state index in [1.807, 2.05) is 30.0 Å². The molecule has 0 amide bonds. The summed E-state index contributed by atoms with van der Waals surface area (Å²) in [5, 5.41) is 0.786. The summed E-state index contributed by atoms with van der Waals surface area (Å²) in [5.74, 6) is 2.19. The van der Waals surface area contributed by atoms with E-state index in [-0.39, 0.29) is 0 Å². The maximum Gasteiger partial charge on any atom is 0.0466 e. The van der Waals surface area contributed by atoms with Crippen LogP contribution in [0.15, 0.2) is 18.2 Å². The maximum absolute atomic E-state index is 6.05. The average molecular weight is 230 g/mol. The third-order valence-corrected chi connectivity index (χ3v) is 3.42. The van der Waals surface area contributed by atoms with Gasteiger partial charge in [-0.25, -0.2) is 0 Å². The largest absolute Gasteiger partial charge is 0.399 e. The van der Waals surface area contributed by atoms with Gasteiger partial charge in [-0.2, -0.15) is 11.8 Å². The zero-order chi connectivity index (χ0) is 10.4. The van der Waals surface area contributed by atoms with E-state index in [1.165, 1.54) is 24.2 Å². The van der Waals surface area contributed by atoms with E-state index in [0.717, 1.165) is 16.5 Å². The minimum atomic E-state index is 0.734. The maximum atomic E-state index is 6.05.